The highest BCUT2D eigenvalue weighted by atomic mass is 32.2. The molecule has 4 nitrogen and oxygen atoms in total. The van der Waals surface area contributed by atoms with E-state index in [-0.39, 0.29) is 18.0 Å². The van der Waals surface area contributed by atoms with Crippen molar-refractivity contribution in [2.45, 2.75) is 16.1 Å². The fourth-order valence-electron chi connectivity index (χ4n) is 3.40. The quantitative estimate of drug-likeness (QED) is 0.871. The number of hydrogen-bond acceptors (Lipinski definition) is 4. The highest BCUT2D eigenvalue weighted by molar-refractivity contribution is 7.92. The zero-order valence-electron chi connectivity index (χ0n) is 12.4. The zero-order valence-corrected chi connectivity index (χ0v) is 13.2. The van der Waals surface area contributed by atoms with Crippen LogP contribution < -0.4 is 5.73 Å². The summed E-state index contributed by atoms with van der Waals surface area (Å²) in [5.74, 6) is -0.951. The predicted molar refractivity (Wildman–Crippen MR) is 85.1 cm³/mol. The van der Waals surface area contributed by atoms with Gasteiger partial charge >= 0.3 is 0 Å². The Morgan fingerprint density at radius 2 is 1.83 bits per heavy atom. The molecule has 122 valence electrons. The minimum absolute atomic E-state index is 0.0153. The van der Waals surface area contributed by atoms with Gasteiger partial charge in [0, 0.05) is 17.9 Å². The molecule has 0 aromatic heterocycles. The van der Waals surface area contributed by atoms with Crippen molar-refractivity contribution in [3.63, 3.8) is 0 Å². The Labute approximate surface area is 134 Å². The lowest BCUT2D eigenvalue weighted by molar-refractivity contribution is 0.212. The van der Waals surface area contributed by atoms with Gasteiger partial charge < -0.3 is 10.8 Å². The summed E-state index contributed by atoms with van der Waals surface area (Å²) in [4.78, 5) is 0.190. The molecule has 6 heteroatoms. The van der Waals surface area contributed by atoms with Gasteiger partial charge in [-0.05, 0) is 29.8 Å². The van der Waals surface area contributed by atoms with E-state index >= 15 is 0 Å². The summed E-state index contributed by atoms with van der Waals surface area (Å²) in [6.07, 6.45) is 0. The Kier molecular flexibility index (Phi) is 4.00. The van der Waals surface area contributed by atoms with Crippen molar-refractivity contribution in [2.75, 3.05) is 13.2 Å². The fraction of sp³-hybridized carbons (Fsp3) is 0.294. The monoisotopic (exact) mass is 335 g/mol. The number of halogens is 1. The standard InChI is InChI=1S/C17H18FNO3S/c18-13-6-4-5-12(9-13)15-16(17(15,10-19)11-20)23(21,22)14-7-2-1-3-8-14/h1-9,15-16,20H,10-11,19H2/t15-,16-,17-/m0/s1. The van der Waals surface area contributed by atoms with Gasteiger partial charge in [0.1, 0.15) is 5.82 Å². The third-order valence-corrected chi connectivity index (χ3v) is 7.01. The van der Waals surface area contributed by atoms with Crippen LogP contribution in [0.3, 0.4) is 0 Å². The van der Waals surface area contributed by atoms with Crippen LogP contribution in [-0.4, -0.2) is 31.9 Å². The maximum Gasteiger partial charge on any atom is 0.182 e. The first-order valence-electron chi connectivity index (χ1n) is 7.33. The first-order valence-corrected chi connectivity index (χ1v) is 8.87. The van der Waals surface area contributed by atoms with E-state index in [1.807, 2.05) is 0 Å². The largest absolute Gasteiger partial charge is 0.396 e. The number of rotatable bonds is 5. The van der Waals surface area contributed by atoms with Crippen LogP contribution in [-0.2, 0) is 9.84 Å². The molecule has 1 saturated carbocycles. The van der Waals surface area contributed by atoms with E-state index in [1.54, 1.807) is 24.3 Å². The van der Waals surface area contributed by atoms with Gasteiger partial charge in [-0.25, -0.2) is 12.8 Å². The normalized spacial score (nSPS) is 26.9. The van der Waals surface area contributed by atoms with E-state index in [0.29, 0.717) is 5.56 Å². The third kappa shape index (κ3) is 2.47. The van der Waals surface area contributed by atoms with Gasteiger partial charge in [0.15, 0.2) is 9.84 Å². The predicted octanol–water partition coefficient (Wildman–Crippen LogP) is 1.70. The second kappa shape index (κ2) is 5.70. The van der Waals surface area contributed by atoms with E-state index < -0.39 is 32.2 Å². The number of sulfone groups is 1. The molecule has 1 fully saturated rings. The van der Waals surface area contributed by atoms with Gasteiger partial charge in [-0.15, -0.1) is 0 Å². The van der Waals surface area contributed by atoms with Gasteiger partial charge in [-0.2, -0.15) is 0 Å². The molecule has 23 heavy (non-hydrogen) atoms. The summed E-state index contributed by atoms with van der Waals surface area (Å²) in [7, 11) is -3.67. The Hall–Kier alpha value is -1.76. The average molecular weight is 335 g/mol. The van der Waals surface area contributed by atoms with Gasteiger partial charge in [-0.1, -0.05) is 30.3 Å². The van der Waals surface area contributed by atoms with Crippen LogP contribution in [0.5, 0.6) is 0 Å². The molecular formula is C17H18FNO3S. The van der Waals surface area contributed by atoms with E-state index in [4.69, 9.17) is 5.73 Å². The molecule has 3 N–H and O–H groups in total. The maximum absolute atomic E-state index is 13.5. The Morgan fingerprint density at radius 3 is 2.39 bits per heavy atom. The topological polar surface area (TPSA) is 80.4 Å². The first kappa shape index (κ1) is 16.1. The molecule has 3 atom stereocenters. The molecule has 2 aromatic rings. The molecule has 0 amide bonds. The number of aliphatic hydroxyl groups excluding tert-OH is 1. The van der Waals surface area contributed by atoms with E-state index in [9.17, 15) is 17.9 Å². The molecule has 0 spiro atoms. The molecule has 0 radical (unpaired) electrons. The Bertz CT molecular complexity index is 804. The lowest BCUT2D eigenvalue weighted by atomic mass is 10.00. The molecule has 0 unspecified atom stereocenters. The average Bonchev–Trinajstić information content (AvgIpc) is 3.26. The highest BCUT2D eigenvalue weighted by Gasteiger charge is 2.70. The summed E-state index contributed by atoms with van der Waals surface area (Å²) < 4.78 is 39.4. The van der Waals surface area contributed by atoms with Crippen LogP contribution in [0.2, 0.25) is 0 Å². The summed E-state index contributed by atoms with van der Waals surface area (Å²) in [5, 5.41) is 8.95. The molecule has 3 rings (SSSR count). The van der Waals surface area contributed by atoms with Crippen LogP contribution in [0.15, 0.2) is 59.5 Å². The lowest BCUT2D eigenvalue weighted by Gasteiger charge is -2.12. The molecule has 0 heterocycles. The number of hydrogen-bond donors (Lipinski definition) is 2. The van der Waals surface area contributed by atoms with Gasteiger partial charge in [0.05, 0.1) is 16.8 Å². The summed E-state index contributed by atoms with van der Waals surface area (Å²) >= 11 is 0. The summed E-state index contributed by atoms with van der Waals surface area (Å²) in [6, 6.07) is 13.9. The molecular weight excluding hydrogens is 317 g/mol. The summed E-state index contributed by atoms with van der Waals surface area (Å²) in [6.45, 7) is -0.344. The Morgan fingerprint density at radius 1 is 1.13 bits per heavy atom. The van der Waals surface area contributed by atoms with Gasteiger partial charge in [-0.3, -0.25) is 0 Å². The fourth-order valence-corrected chi connectivity index (χ4v) is 5.87. The van der Waals surface area contributed by atoms with Crippen molar-refractivity contribution in [3.8, 4) is 0 Å². The molecule has 1 aliphatic carbocycles. The second-order valence-corrected chi connectivity index (χ2v) is 7.98. The minimum Gasteiger partial charge on any atom is -0.396 e. The molecule has 0 bridgehead atoms. The molecule has 2 aromatic carbocycles. The maximum atomic E-state index is 13.5. The van der Waals surface area contributed by atoms with E-state index in [0.717, 1.165) is 0 Å². The van der Waals surface area contributed by atoms with Crippen molar-refractivity contribution in [1.29, 1.82) is 0 Å². The number of benzene rings is 2. The molecule has 0 saturated heterocycles. The van der Waals surface area contributed by atoms with Crippen LogP contribution in [0.1, 0.15) is 11.5 Å². The molecule has 1 aliphatic rings. The van der Waals surface area contributed by atoms with Crippen LogP contribution >= 0.6 is 0 Å². The molecule has 0 aliphatic heterocycles. The number of aliphatic hydroxyl groups is 1. The first-order chi connectivity index (χ1) is 11.0. The Balaban J connectivity index is 2.07. The van der Waals surface area contributed by atoms with Crippen molar-refractivity contribution in [3.05, 3.63) is 66.0 Å². The van der Waals surface area contributed by atoms with Crippen LogP contribution in [0.25, 0.3) is 0 Å². The summed E-state index contributed by atoms with van der Waals surface area (Å²) in [5.41, 5.74) is 5.37. The second-order valence-electron chi connectivity index (χ2n) is 5.91. The van der Waals surface area contributed by atoms with Gasteiger partial charge in [0.2, 0.25) is 0 Å². The van der Waals surface area contributed by atoms with Crippen molar-refractivity contribution >= 4 is 9.84 Å². The smallest absolute Gasteiger partial charge is 0.182 e. The van der Waals surface area contributed by atoms with E-state index in [1.165, 1.54) is 30.3 Å². The zero-order chi connectivity index (χ0) is 16.7. The number of nitrogens with two attached hydrogens (primary N) is 1. The van der Waals surface area contributed by atoms with E-state index in [2.05, 4.69) is 0 Å². The highest BCUT2D eigenvalue weighted by Crippen LogP contribution is 2.63. The minimum atomic E-state index is -3.67. The van der Waals surface area contributed by atoms with Crippen molar-refractivity contribution < 1.29 is 17.9 Å². The third-order valence-electron chi connectivity index (χ3n) is 4.67. The van der Waals surface area contributed by atoms with Crippen LogP contribution in [0.4, 0.5) is 4.39 Å². The van der Waals surface area contributed by atoms with Gasteiger partial charge in [0.25, 0.3) is 0 Å². The SMILES string of the molecule is NC[C@]1(CO)[C@@H](c2cccc(F)c2)[C@@H]1S(=O)(=O)c1ccccc1. The van der Waals surface area contributed by atoms with Crippen molar-refractivity contribution in [2.24, 2.45) is 11.1 Å². The van der Waals surface area contributed by atoms with Crippen LogP contribution in [0, 0.1) is 11.2 Å². The lowest BCUT2D eigenvalue weighted by Crippen LogP contribution is -2.27. The van der Waals surface area contributed by atoms with Crippen molar-refractivity contribution in [1.82, 2.24) is 0 Å².